The number of hydrogen-bond acceptors (Lipinski definition) is 3. The lowest BCUT2D eigenvalue weighted by Crippen LogP contribution is -1.95. The molecule has 2 rings (SSSR count). The fraction of sp³-hybridized carbons (Fsp3) is 0.105. The van der Waals surface area contributed by atoms with Crippen LogP contribution in [-0.4, -0.2) is 18.0 Å². The number of phenolic OH excluding ortho intramolecular Hbond substituents is 1. The van der Waals surface area contributed by atoms with Gasteiger partial charge in [0.05, 0.1) is 12.7 Å². The highest BCUT2D eigenvalue weighted by atomic mass is 16.5. The Bertz CT molecular complexity index is 713. The van der Waals surface area contributed by atoms with Crippen LogP contribution >= 0.6 is 0 Å². The molecule has 0 spiro atoms. The first-order valence-corrected chi connectivity index (χ1v) is 6.93. The number of phenols is 1. The summed E-state index contributed by atoms with van der Waals surface area (Å²) >= 11 is 0. The number of methoxy groups -OCH3 is 1. The average Bonchev–Trinajstić information content (AvgIpc) is 2.53. The van der Waals surface area contributed by atoms with Crippen molar-refractivity contribution < 1.29 is 14.6 Å². The Morgan fingerprint density at radius 1 is 1.09 bits per heavy atom. The van der Waals surface area contributed by atoms with Crippen molar-refractivity contribution in [3.8, 4) is 11.5 Å². The van der Waals surface area contributed by atoms with Crippen LogP contribution in [0.5, 0.6) is 11.5 Å². The van der Waals surface area contributed by atoms with Crippen LogP contribution in [0.3, 0.4) is 0 Å². The molecule has 112 valence electrons. The predicted octanol–water partition coefficient (Wildman–Crippen LogP) is 4.24. The molecule has 0 fully saturated rings. The van der Waals surface area contributed by atoms with Gasteiger partial charge in [-0.15, -0.1) is 0 Å². The molecule has 0 aliphatic rings. The van der Waals surface area contributed by atoms with E-state index in [4.69, 9.17) is 4.74 Å². The number of benzene rings is 2. The molecule has 0 radical (unpaired) electrons. The smallest absolute Gasteiger partial charge is 0.189 e. The Balaban J connectivity index is 2.13. The lowest BCUT2D eigenvalue weighted by Gasteiger charge is -2.03. The third-order valence-electron chi connectivity index (χ3n) is 3.16. The van der Waals surface area contributed by atoms with Gasteiger partial charge in [0.25, 0.3) is 0 Å². The molecule has 0 saturated carbocycles. The van der Waals surface area contributed by atoms with E-state index in [2.05, 4.69) is 0 Å². The molecule has 0 aliphatic heterocycles. The summed E-state index contributed by atoms with van der Waals surface area (Å²) in [5.74, 6) is 0.179. The van der Waals surface area contributed by atoms with Crippen LogP contribution < -0.4 is 4.74 Å². The van der Waals surface area contributed by atoms with E-state index >= 15 is 0 Å². The first-order chi connectivity index (χ1) is 10.6. The van der Waals surface area contributed by atoms with Crippen molar-refractivity contribution >= 4 is 11.9 Å². The van der Waals surface area contributed by atoms with Crippen LogP contribution in [0.4, 0.5) is 0 Å². The van der Waals surface area contributed by atoms with Gasteiger partial charge in [-0.25, -0.2) is 0 Å². The normalized spacial score (nSPS) is 11.6. The van der Waals surface area contributed by atoms with Crippen molar-refractivity contribution in [2.45, 2.75) is 6.92 Å². The summed E-state index contributed by atoms with van der Waals surface area (Å²) in [6.45, 7) is 1.92. The molecule has 1 N–H and O–H groups in total. The molecule has 2 aromatic carbocycles. The molecule has 0 bridgehead atoms. The topological polar surface area (TPSA) is 46.5 Å². The number of ether oxygens (including phenoxy) is 1. The van der Waals surface area contributed by atoms with E-state index < -0.39 is 0 Å². The highest BCUT2D eigenvalue weighted by molar-refractivity contribution is 6.06. The molecule has 22 heavy (non-hydrogen) atoms. The SMILES string of the molecule is COc1ccc(C(=O)/C=C/C(C)=C/c2ccccc2)c(O)c1. The number of ketones is 1. The minimum absolute atomic E-state index is 0.0845. The summed E-state index contributed by atoms with van der Waals surface area (Å²) in [5, 5.41) is 9.84. The molecule has 3 heteroatoms. The maximum absolute atomic E-state index is 12.1. The van der Waals surface area contributed by atoms with Crippen LogP contribution in [0, 0.1) is 0 Å². The zero-order valence-corrected chi connectivity index (χ0v) is 12.6. The van der Waals surface area contributed by atoms with Gasteiger partial charge in [0.1, 0.15) is 11.5 Å². The van der Waals surface area contributed by atoms with E-state index in [1.54, 1.807) is 18.2 Å². The summed E-state index contributed by atoms with van der Waals surface area (Å²) in [7, 11) is 1.51. The second-order valence-electron chi connectivity index (χ2n) is 4.88. The van der Waals surface area contributed by atoms with E-state index in [1.807, 2.05) is 43.3 Å². The van der Waals surface area contributed by atoms with Crippen molar-refractivity contribution in [1.29, 1.82) is 0 Å². The fourth-order valence-corrected chi connectivity index (χ4v) is 2.00. The van der Waals surface area contributed by atoms with Gasteiger partial charge in [-0.2, -0.15) is 0 Å². The third kappa shape index (κ3) is 4.09. The molecule has 0 unspecified atom stereocenters. The van der Waals surface area contributed by atoms with Crippen LogP contribution in [0.25, 0.3) is 6.08 Å². The number of allylic oxidation sites excluding steroid dienone is 3. The summed E-state index contributed by atoms with van der Waals surface area (Å²) in [5.41, 5.74) is 2.28. The zero-order valence-electron chi connectivity index (χ0n) is 12.6. The van der Waals surface area contributed by atoms with Gasteiger partial charge in [0.2, 0.25) is 0 Å². The van der Waals surface area contributed by atoms with E-state index in [0.717, 1.165) is 11.1 Å². The summed E-state index contributed by atoms with van der Waals surface area (Å²) < 4.78 is 5.00. The van der Waals surface area contributed by atoms with E-state index in [1.165, 1.54) is 19.3 Å². The van der Waals surface area contributed by atoms with Gasteiger partial charge in [-0.1, -0.05) is 48.1 Å². The van der Waals surface area contributed by atoms with Crippen LogP contribution in [0.2, 0.25) is 0 Å². The van der Waals surface area contributed by atoms with E-state index in [9.17, 15) is 9.90 Å². The van der Waals surface area contributed by atoms with Gasteiger partial charge >= 0.3 is 0 Å². The molecule has 2 aromatic rings. The number of carbonyl (C=O) groups excluding carboxylic acids is 1. The highest BCUT2D eigenvalue weighted by Gasteiger charge is 2.09. The Hall–Kier alpha value is -2.81. The number of aromatic hydroxyl groups is 1. The van der Waals surface area contributed by atoms with Gasteiger partial charge < -0.3 is 9.84 Å². The van der Waals surface area contributed by atoms with Crippen LogP contribution in [0.1, 0.15) is 22.8 Å². The fourth-order valence-electron chi connectivity index (χ4n) is 2.00. The van der Waals surface area contributed by atoms with E-state index in [0.29, 0.717) is 5.75 Å². The average molecular weight is 294 g/mol. The monoisotopic (exact) mass is 294 g/mol. The maximum Gasteiger partial charge on any atom is 0.189 e. The van der Waals surface area contributed by atoms with Gasteiger partial charge in [-0.05, 0) is 30.7 Å². The summed E-state index contributed by atoms with van der Waals surface area (Å²) in [6.07, 6.45) is 5.17. The Labute approximate surface area is 130 Å². The lowest BCUT2D eigenvalue weighted by molar-refractivity contribution is 0.104. The minimum atomic E-state index is -0.249. The van der Waals surface area contributed by atoms with Crippen molar-refractivity contribution in [3.63, 3.8) is 0 Å². The van der Waals surface area contributed by atoms with E-state index in [-0.39, 0.29) is 17.1 Å². The largest absolute Gasteiger partial charge is 0.507 e. The quantitative estimate of drug-likeness (QED) is 0.509. The molecular formula is C19H18O3. The highest BCUT2D eigenvalue weighted by Crippen LogP contribution is 2.24. The van der Waals surface area contributed by atoms with Crippen molar-refractivity contribution in [1.82, 2.24) is 0 Å². The first-order valence-electron chi connectivity index (χ1n) is 6.93. The predicted molar refractivity (Wildman–Crippen MR) is 88.2 cm³/mol. The second kappa shape index (κ2) is 7.27. The molecular weight excluding hydrogens is 276 g/mol. The summed E-state index contributed by atoms with van der Waals surface area (Å²) in [4.78, 5) is 12.1. The Kier molecular flexibility index (Phi) is 5.15. The molecule has 0 saturated heterocycles. The zero-order chi connectivity index (χ0) is 15.9. The molecule has 0 aromatic heterocycles. The molecule has 0 aliphatic carbocycles. The first kappa shape index (κ1) is 15.6. The van der Waals surface area contributed by atoms with Gasteiger partial charge in [0.15, 0.2) is 5.78 Å². The van der Waals surface area contributed by atoms with Gasteiger partial charge in [0, 0.05) is 6.07 Å². The second-order valence-corrected chi connectivity index (χ2v) is 4.88. The standard InChI is InChI=1S/C19H18O3/c1-14(12-15-6-4-3-5-7-15)8-11-18(20)17-10-9-16(22-2)13-19(17)21/h3-13,21H,1-2H3/b11-8+,14-12+. The van der Waals surface area contributed by atoms with Crippen LogP contribution in [-0.2, 0) is 0 Å². The van der Waals surface area contributed by atoms with Gasteiger partial charge in [-0.3, -0.25) is 4.79 Å². The number of carbonyl (C=O) groups is 1. The molecule has 0 amide bonds. The number of hydrogen-bond donors (Lipinski definition) is 1. The summed E-state index contributed by atoms with van der Waals surface area (Å²) in [6, 6.07) is 14.5. The van der Waals surface area contributed by atoms with Crippen molar-refractivity contribution in [3.05, 3.63) is 77.4 Å². The van der Waals surface area contributed by atoms with Crippen LogP contribution in [0.15, 0.2) is 66.3 Å². The van der Waals surface area contributed by atoms with Crippen molar-refractivity contribution in [2.75, 3.05) is 7.11 Å². The Morgan fingerprint density at radius 2 is 1.82 bits per heavy atom. The maximum atomic E-state index is 12.1. The molecule has 0 atom stereocenters. The molecule has 0 heterocycles. The molecule has 3 nitrogen and oxygen atoms in total. The third-order valence-corrected chi connectivity index (χ3v) is 3.16. The Morgan fingerprint density at radius 3 is 2.45 bits per heavy atom. The lowest BCUT2D eigenvalue weighted by atomic mass is 10.1. The number of rotatable bonds is 5. The van der Waals surface area contributed by atoms with Crippen molar-refractivity contribution in [2.24, 2.45) is 0 Å². The minimum Gasteiger partial charge on any atom is -0.507 e.